The van der Waals surface area contributed by atoms with E-state index >= 15 is 0 Å². The molecule has 0 aromatic carbocycles. The average Bonchev–Trinajstić information content (AvgIpc) is 3.68. The first kappa shape index (κ1) is 86.7. The van der Waals surface area contributed by atoms with Crippen molar-refractivity contribution < 1.29 is 37.6 Å². The van der Waals surface area contributed by atoms with Gasteiger partial charge in [-0.25, -0.2) is 4.57 Å². The van der Waals surface area contributed by atoms with Gasteiger partial charge < -0.3 is 20.1 Å². The topological polar surface area (TPSA) is 134 Å². The lowest BCUT2D eigenvalue weighted by Crippen LogP contribution is -2.29. The summed E-state index contributed by atoms with van der Waals surface area (Å²) in [5.74, 6) is -0.807. The minimum Gasteiger partial charge on any atom is -0.462 e. The van der Waals surface area contributed by atoms with E-state index in [1.54, 1.807) is 0 Å². The summed E-state index contributed by atoms with van der Waals surface area (Å²) in [5, 5.41) is 0. The summed E-state index contributed by atoms with van der Waals surface area (Å²) in [6.07, 6.45) is 97.9. The van der Waals surface area contributed by atoms with E-state index in [4.69, 9.17) is 24.3 Å². The molecular formula is C79H148NO8P. The van der Waals surface area contributed by atoms with Crippen LogP contribution in [0.1, 0.15) is 399 Å². The fourth-order valence-corrected chi connectivity index (χ4v) is 12.5. The second-order valence-electron chi connectivity index (χ2n) is 26.2. The van der Waals surface area contributed by atoms with Gasteiger partial charge in [-0.1, -0.05) is 370 Å². The first-order chi connectivity index (χ1) is 43.8. The van der Waals surface area contributed by atoms with Crippen LogP contribution in [0.3, 0.4) is 0 Å². The van der Waals surface area contributed by atoms with Crippen LogP contribution in [-0.4, -0.2) is 49.3 Å². The van der Waals surface area contributed by atoms with Crippen LogP contribution in [0.2, 0.25) is 0 Å². The van der Waals surface area contributed by atoms with Gasteiger partial charge in [0.05, 0.1) is 13.2 Å². The Hall–Kier alpha value is -2.29. The molecule has 3 N–H and O–H groups in total. The zero-order valence-corrected chi connectivity index (χ0v) is 59.8. The molecule has 0 aromatic heterocycles. The van der Waals surface area contributed by atoms with Crippen LogP contribution in [0.25, 0.3) is 0 Å². The number of rotatable bonds is 74. The van der Waals surface area contributed by atoms with Crippen molar-refractivity contribution in [3.8, 4) is 0 Å². The molecule has 89 heavy (non-hydrogen) atoms. The third-order valence-electron chi connectivity index (χ3n) is 17.4. The predicted molar refractivity (Wildman–Crippen MR) is 386 cm³/mol. The van der Waals surface area contributed by atoms with Crippen molar-refractivity contribution in [3.63, 3.8) is 0 Å². The van der Waals surface area contributed by atoms with Gasteiger partial charge in [0.25, 0.3) is 0 Å². The van der Waals surface area contributed by atoms with Gasteiger partial charge in [0.1, 0.15) is 6.61 Å². The highest BCUT2D eigenvalue weighted by atomic mass is 31.2. The monoisotopic (exact) mass is 1270 g/mol. The van der Waals surface area contributed by atoms with Gasteiger partial charge in [0, 0.05) is 19.4 Å². The molecule has 0 amide bonds. The Morgan fingerprint density at radius 2 is 0.618 bits per heavy atom. The van der Waals surface area contributed by atoms with Gasteiger partial charge in [0.2, 0.25) is 0 Å². The summed E-state index contributed by atoms with van der Waals surface area (Å²) in [6.45, 7) is 3.70. The molecule has 0 heterocycles. The van der Waals surface area contributed by atoms with E-state index in [-0.39, 0.29) is 38.6 Å². The smallest absolute Gasteiger partial charge is 0.462 e. The molecule has 0 saturated carbocycles. The summed E-state index contributed by atoms with van der Waals surface area (Å²) in [7, 11) is -4.39. The van der Waals surface area contributed by atoms with Crippen LogP contribution in [0, 0.1) is 0 Å². The van der Waals surface area contributed by atoms with Crippen molar-refractivity contribution in [3.05, 3.63) is 60.8 Å². The van der Waals surface area contributed by atoms with Crippen molar-refractivity contribution in [2.24, 2.45) is 5.73 Å². The van der Waals surface area contributed by atoms with Crippen LogP contribution in [0.5, 0.6) is 0 Å². The molecule has 2 atom stereocenters. The highest BCUT2D eigenvalue weighted by Gasteiger charge is 2.26. The molecule has 0 rings (SSSR count). The third-order valence-corrected chi connectivity index (χ3v) is 18.4. The highest BCUT2D eigenvalue weighted by molar-refractivity contribution is 7.47. The fourth-order valence-electron chi connectivity index (χ4n) is 11.7. The number of hydrogen-bond donors (Lipinski definition) is 2. The van der Waals surface area contributed by atoms with E-state index in [0.29, 0.717) is 6.42 Å². The Morgan fingerprint density at radius 3 is 0.933 bits per heavy atom. The van der Waals surface area contributed by atoms with Crippen molar-refractivity contribution in [2.75, 3.05) is 26.4 Å². The number of allylic oxidation sites excluding steroid dienone is 10. The number of nitrogens with two attached hydrogens (primary N) is 1. The Labute approximate surface area is 552 Å². The molecule has 0 bridgehead atoms. The lowest BCUT2D eigenvalue weighted by molar-refractivity contribution is -0.161. The lowest BCUT2D eigenvalue weighted by Gasteiger charge is -2.19. The first-order valence-corrected chi connectivity index (χ1v) is 40.3. The summed E-state index contributed by atoms with van der Waals surface area (Å²) in [5.41, 5.74) is 5.41. The van der Waals surface area contributed by atoms with Crippen molar-refractivity contribution in [2.45, 2.75) is 405 Å². The molecule has 0 radical (unpaired) electrons. The minimum absolute atomic E-state index is 0.0546. The minimum atomic E-state index is -4.39. The lowest BCUT2D eigenvalue weighted by atomic mass is 10.0. The second kappa shape index (κ2) is 74.7. The van der Waals surface area contributed by atoms with Crippen LogP contribution >= 0.6 is 7.82 Å². The average molecular weight is 1270 g/mol. The van der Waals surface area contributed by atoms with E-state index in [9.17, 15) is 19.0 Å². The number of phosphoric ester groups is 1. The predicted octanol–water partition coefficient (Wildman–Crippen LogP) is 25.8. The van der Waals surface area contributed by atoms with Crippen LogP contribution in [0.15, 0.2) is 60.8 Å². The van der Waals surface area contributed by atoms with Crippen molar-refractivity contribution in [1.29, 1.82) is 0 Å². The van der Waals surface area contributed by atoms with Crippen molar-refractivity contribution >= 4 is 19.8 Å². The normalized spacial score (nSPS) is 13.2. The third kappa shape index (κ3) is 74.6. The summed E-state index contributed by atoms with van der Waals surface area (Å²) < 4.78 is 33.3. The molecule has 0 aliphatic carbocycles. The standard InChI is InChI=1S/C79H148NO8P/c1-3-5-7-9-11-13-15-17-19-21-23-25-27-29-31-33-34-35-36-37-38-39-40-41-42-44-45-47-49-51-53-55-57-59-61-63-65-67-69-71-78(81)85-75-77(76-87-89(83,84)86-74-73-80)88-79(82)72-70-68-66-64-62-60-58-56-54-52-50-48-46-43-32-30-28-26-24-22-20-18-16-14-12-10-8-6-4-2/h6,8,12,14,18,20-21,23-24,26,77H,3-5,7,9-11,13,15-17,19,22,25,27-76,80H2,1-2H3,(H,83,84)/b8-6-,14-12-,20-18-,23-21-,26-24-. The fraction of sp³-hybridized carbons (Fsp3) is 0.848. The number of unbranched alkanes of at least 4 members (excludes halogenated alkanes) is 51. The quantitative estimate of drug-likeness (QED) is 0.0264. The molecule has 0 spiro atoms. The number of hydrogen-bond acceptors (Lipinski definition) is 8. The molecule has 9 nitrogen and oxygen atoms in total. The van der Waals surface area contributed by atoms with Gasteiger partial charge in [-0.3, -0.25) is 18.6 Å². The Balaban J connectivity index is 3.75. The van der Waals surface area contributed by atoms with Crippen LogP contribution in [0.4, 0.5) is 0 Å². The van der Waals surface area contributed by atoms with Gasteiger partial charge in [0.15, 0.2) is 6.10 Å². The summed E-state index contributed by atoms with van der Waals surface area (Å²) >= 11 is 0. The number of ether oxygens (including phenoxy) is 2. The number of carbonyl (C=O) groups is 2. The Bertz CT molecular complexity index is 1640. The van der Waals surface area contributed by atoms with Gasteiger partial charge in [-0.2, -0.15) is 0 Å². The number of carbonyl (C=O) groups excluding carboxylic acids is 2. The Kier molecular flexibility index (Phi) is 72.8. The Morgan fingerprint density at radius 1 is 0.348 bits per heavy atom. The molecular weight excluding hydrogens is 1120 g/mol. The summed E-state index contributed by atoms with van der Waals surface area (Å²) in [4.78, 5) is 35.4. The maximum absolute atomic E-state index is 12.8. The van der Waals surface area contributed by atoms with Crippen LogP contribution in [-0.2, 0) is 32.7 Å². The number of phosphoric acid groups is 1. The van der Waals surface area contributed by atoms with E-state index in [1.165, 1.54) is 302 Å². The molecule has 2 unspecified atom stereocenters. The van der Waals surface area contributed by atoms with Gasteiger partial charge in [-0.15, -0.1) is 0 Å². The number of esters is 2. The van der Waals surface area contributed by atoms with Gasteiger partial charge in [-0.05, 0) is 77.0 Å². The van der Waals surface area contributed by atoms with E-state index in [2.05, 4.69) is 74.6 Å². The molecule has 0 aliphatic rings. The maximum atomic E-state index is 12.8. The van der Waals surface area contributed by atoms with Crippen molar-refractivity contribution in [1.82, 2.24) is 0 Å². The first-order valence-electron chi connectivity index (χ1n) is 38.8. The molecule has 0 aromatic rings. The van der Waals surface area contributed by atoms with E-state index in [0.717, 1.165) is 64.2 Å². The molecule has 522 valence electrons. The zero-order valence-electron chi connectivity index (χ0n) is 58.9. The summed E-state index contributed by atoms with van der Waals surface area (Å²) in [6, 6.07) is 0. The second-order valence-corrected chi connectivity index (χ2v) is 27.7. The molecule has 0 fully saturated rings. The SMILES string of the molecule is CC/C=C\C/C=C\C/C=C\C/C=C\CCCCCCCCCCCCCCCCCCC(=O)OC(COC(=O)CCCCCCCCCCCCCCCCCCCCCCCCCCCCC/C=C\CCCCCCCCCC)COP(=O)(O)OCCN. The van der Waals surface area contributed by atoms with Gasteiger partial charge >= 0.3 is 19.8 Å². The molecule has 0 aliphatic heterocycles. The molecule has 10 heteroatoms. The van der Waals surface area contributed by atoms with E-state index in [1.807, 2.05) is 0 Å². The maximum Gasteiger partial charge on any atom is 0.472 e. The molecule has 0 saturated heterocycles. The van der Waals surface area contributed by atoms with E-state index < -0.39 is 26.5 Å². The zero-order chi connectivity index (χ0) is 64.4. The largest absolute Gasteiger partial charge is 0.472 e. The van der Waals surface area contributed by atoms with Crippen LogP contribution < -0.4 is 5.73 Å². The highest BCUT2D eigenvalue weighted by Crippen LogP contribution is 2.43.